The Hall–Kier alpha value is -1.29. The maximum absolute atomic E-state index is 11.3. The quantitative estimate of drug-likeness (QED) is 0.669. The number of hydrogen-bond acceptors (Lipinski definition) is 4. The number of furan rings is 1. The molecule has 0 aromatic carbocycles. The molecule has 1 aromatic heterocycles. The Balaban J connectivity index is 1.93. The van der Waals surface area contributed by atoms with E-state index in [1.165, 1.54) is 45.6 Å². The van der Waals surface area contributed by atoms with Gasteiger partial charge in [-0.25, -0.2) is 4.79 Å². The highest BCUT2D eigenvalue weighted by Gasteiger charge is 2.21. The molecule has 0 saturated heterocycles. The molecule has 4 heteroatoms. The number of carbonyl (C=O) groups excluding carboxylic acids is 1. The molecule has 1 aromatic rings. The Labute approximate surface area is 113 Å². The Bertz CT molecular complexity index is 402. The summed E-state index contributed by atoms with van der Waals surface area (Å²) < 4.78 is 9.93. The molecule has 0 spiro atoms. The van der Waals surface area contributed by atoms with Gasteiger partial charge in [0, 0.05) is 0 Å². The summed E-state index contributed by atoms with van der Waals surface area (Å²) >= 11 is 0. The van der Waals surface area contributed by atoms with Crippen LogP contribution in [0.4, 0.5) is 0 Å². The number of hydrogen-bond donors (Lipinski definition) is 1. The summed E-state index contributed by atoms with van der Waals surface area (Å²) in [5.41, 5.74) is 0. The van der Waals surface area contributed by atoms with Gasteiger partial charge in [-0.3, -0.25) is 0 Å². The van der Waals surface area contributed by atoms with Gasteiger partial charge in [0.1, 0.15) is 11.9 Å². The number of methoxy groups -OCH3 is 1. The molecular weight excluding hydrogens is 244 g/mol. The van der Waals surface area contributed by atoms with E-state index in [2.05, 4.69) is 4.74 Å². The van der Waals surface area contributed by atoms with Crippen LogP contribution in [0.1, 0.15) is 67.4 Å². The summed E-state index contributed by atoms with van der Waals surface area (Å²) in [6, 6.07) is 3.21. The van der Waals surface area contributed by atoms with E-state index < -0.39 is 12.1 Å². The van der Waals surface area contributed by atoms with E-state index in [4.69, 9.17) is 4.42 Å². The van der Waals surface area contributed by atoms with Crippen molar-refractivity contribution >= 4 is 5.97 Å². The number of aliphatic hydroxyl groups excluding tert-OH is 1. The van der Waals surface area contributed by atoms with Gasteiger partial charge in [0.15, 0.2) is 0 Å². The van der Waals surface area contributed by atoms with Crippen molar-refractivity contribution in [2.24, 2.45) is 5.92 Å². The lowest BCUT2D eigenvalue weighted by Crippen LogP contribution is -2.06. The second-order valence-corrected chi connectivity index (χ2v) is 5.30. The normalized spacial score (nSPS) is 18.8. The van der Waals surface area contributed by atoms with Crippen molar-refractivity contribution in [2.45, 2.75) is 51.0 Å². The maximum Gasteiger partial charge on any atom is 0.373 e. The van der Waals surface area contributed by atoms with Gasteiger partial charge in [-0.15, -0.1) is 0 Å². The first-order chi connectivity index (χ1) is 9.20. The smallest absolute Gasteiger partial charge is 0.373 e. The van der Waals surface area contributed by atoms with Gasteiger partial charge in [0.25, 0.3) is 0 Å². The number of rotatable bonds is 4. The molecule has 19 heavy (non-hydrogen) atoms. The summed E-state index contributed by atoms with van der Waals surface area (Å²) in [6.45, 7) is 0. The molecule has 1 atom stereocenters. The van der Waals surface area contributed by atoms with Crippen LogP contribution in [0.25, 0.3) is 0 Å². The summed E-state index contributed by atoms with van der Waals surface area (Å²) in [5, 5.41) is 10.2. The topological polar surface area (TPSA) is 59.7 Å². The summed E-state index contributed by atoms with van der Waals surface area (Å²) in [6.07, 6.45) is 7.57. The molecule has 1 heterocycles. The van der Waals surface area contributed by atoms with Gasteiger partial charge < -0.3 is 14.3 Å². The van der Waals surface area contributed by atoms with Gasteiger partial charge in [0.2, 0.25) is 5.76 Å². The molecule has 0 amide bonds. The summed E-state index contributed by atoms with van der Waals surface area (Å²) in [5.74, 6) is 0.666. The summed E-state index contributed by atoms with van der Waals surface area (Å²) in [7, 11) is 1.31. The van der Waals surface area contributed by atoms with E-state index in [0.29, 0.717) is 18.1 Å². The molecule has 1 fully saturated rings. The molecule has 0 radical (unpaired) electrons. The molecule has 1 unspecified atom stereocenters. The fraction of sp³-hybridized carbons (Fsp3) is 0.667. The predicted octanol–water partition coefficient (Wildman–Crippen LogP) is 3.46. The highest BCUT2D eigenvalue weighted by Crippen LogP contribution is 2.31. The van der Waals surface area contributed by atoms with Crippen molar-refractivity contribution in [2.75, 3.05) is 7.11 Å². The Morgan fingerprint density at radius 1 is 1.37 bits per heavy atom. The average molecular weight is 266 g/mol. The standard InChI is InChI=1S/C15H22O4/c1-18-15(17)14-9-8-13(19-14)12(16)10-11-6-4-2-3-5-7-11/h8-9,11-12,16H,2-7,10H2,1H3. The maximum atomic E-state index is 11.3. The molecule has 1 saturated carbocycles. The van der Waals surface area contributed by atoms with Crippen LogP contribution in [-0.4, -0.2) is 18.2 Å². The third-order valence-corrected chi connectivity index (χ3v) is 3.87. The monoisotopic (exact) mass is 266 g/mol. The number of esters is 1. The van der Waals surface area contributed by atoms with Crippen molar-refractivity contribution < 1.29 is 19.1 Å². The minimum Gasteiger partial charge on any atom is -0.463 e. The van der Waals surface area contributed by atoms with E-state index >= 15 is 0 Å². The van der Waals surface area contributed by atoms with Gasteiger partial charge in [-0.1, -0.05) is 38.5 Å². The lowest BCUT2D eigenvalue weighted by Gasteiger charge is -2.16. The largest absolute Gasteiger partial charge is 0.463 e. The number of aliphatic hydroxyl groups is 1. The third-order valence-electron chi connectivity index (χ3n) is 3.87. The lowest BCUT2D eigenvalue weighted by molar-refractivity contribution is 0.0550. The van der Waals surface area contributed by atoms with Crippen molar-refractivity contribution in [3.05, 3.63) is 23.7 Å². The Morgan fingerprint density at radius 3 is 2.68 bits per heavy atom. The van der Waals surface area contributed by atoms with E-state index in [0.717, 1.165) is 0 Å². The number of carbonyl (C=O) groups is 1. The van der Waals surface area contributed by atoms with E-state index in [1.54, 1.807) is 12.1 Å². The molecule has 1 N–H and O–H groups in total. The Morgan fingerprint density at radius 2 is 2.05 bits per heavy atom. The first kappa shape index (κ1) is 14.1. The predicted molar refractivity (Wildman–Crippen MR) is 70.8 cm³/mol. The van der Waals surface area contributed by atoms with Crippen molar-refractivity contribution in [3.8, 4) is 0 Å². The number of ether oxygens (including phenoxy) is 1. The van der Waals surface area contributed by atoms with Crippen molar-refractivity contribution in [1.82, 2.24) is 0 Å². The van der Waals surface area contributed by atoms with Crippen LogP contribution in [0.2, 0.25) is 0 Å². The van der Waals surface area contributed by atoms with Crippen molar-refractivity contribution in [1.29, 1.82) is 0 Å². The van der Waals surface area contributed by atoms with Gasteiger partial charge in [-0.05, 0) is 24.5 Å². The van der Waals surface area contributed by atoms with Crippen molar-refractivity contribution in [3.63, 3.8) is 0 Å². The second-order valence-electron chi connectivity index (χ2n) is 5.30. The second kappa shape index (κ2) is 6.75. The lowest BCUT2D eigenvalue weighted by atomic mass is 9.93. The zero-order valence-electron chi connectivity index (χ0n) is 11.4. The summed E-state index contributed by atoms with van der Waals surface area (Å²) in [4.78, 5) is 11.3. The molecule has 0 aliphatic heterocycles. The van der Waals surface area contributed by atoms with Crippen LogP contribution in [0.3, 0.4) is 0 Å². The van der Waals surface area contributed by atoms with Crippen LogP contribution in [0, 0.1) is 5.92 Å². The Kier molecular flexibility index (Phi) is 5.02. The third kappa shape index (κ3) is 3.83. The van der Waals surface area contributed by atoms with Crippen LogP contribution < -0.4 is 0 Å². The fourth-order valence-electron chi connectivity index (χ4n) is 2.77. The highest BCUT2D eigenvalue weighted by molar-refractivity contribution is 5.86. The van der Waals surface area contributed by atoms with E-state index in [1.807, 2.05) is 0 Å². The molecule has 0 bridgehead atoms. The van der Waals surface area contributed by atoms with Crippen LogP contribution >= 0.6 is 0 Å². The van der Waals surface area contributed by atoms with Crippen LogP contribution in [0.5, 0.6) is 0 Å². The van der Waals surface area contributed by atoms with E-state index in [-0.39, 0.29) is 5.76 Å². The average Bonchev–Trinajstić information content (AvgIpc) is 2.78. The molecular formula is C15H22O4. The first-order valence-corrected chi connectivity index (χ1v) is 7.07. The minimum atomic E-state index is -0.624. The van der Waals surface area contributed by atoms with Gasteiger partial charge >= 0.3 is 5.97 Å². The minimum absolute atomic E-state index is 0.150. The molecule has 1 aliphatic rings. The van der Waals surface area contributed by atoms with E-state index in [9.17, 15) is 9.90 Å². The van der Waals surface area contributed by atoms with Gasteiger partial charge in [0.05, 0.1) is 7.11 Å². The highest BCUT2D eigenvalue weighted by atomic mass is 16.5. The zero-order chi connectivity index (χ0) is 13.7. The van der Waals surface area contributed by atoms with Crippen LogP contribution in [0.15, 0.2) is 16.5 Å². The molecule has 2 rings (SSSR count). The van der Waals surface area contributed by atoms with Gasteiger partial charge in [-0.2, -0.15) is 0 Å². The molecule has 4 nitrogen and oxygen atoms in total. The molecule has 106 valence electrons. The fourth-order valence-corrected chi connectivity index (χ4v) is 2.77. The first-order valence-electron chi connectivity index (χ1n) is 7.07. The molecule has 1 aliphatic carbocycles. The SMILES string of the molecule is COC(=O)c1ccc(C(O)CC2CCCCCC2)o1. The zero-order valence-corrected chi connectivity index (χ0v) is 11.4. The van der Waals surface area contributed by atoms with Crippen LogP contribution in [-0.2, 0) is 4.74 Å².